The highest BCUT2D eigenvalue weighted by molar-refractivity contribution is 5.85. The van der Waals surface area contributed by atoms with Gasteiger partial charge in [-0.25, -0.2) is 0 Å². The number of hydrogen-bond donors (Lipinski definition) is 1. The van der Waals surface area contributed by atoms with Crippen molar-refractivity contribution in [3.05, 3.63) is 0 Å². The summed E-state index contributed by atoms with van der Waals surface area (Å²) in [5.41, 5.74) is 0. The molecule has 134 valence electrons. The summed E-state index contributed by atoms with van der Waals surface area (Å²) in [5.74, 6) is 1.33. The van der Waals surface area contributed by atoms with Gasteiger partial charge in [-0.1, -0.05) is 6.92 Å². The number of carbonyl (C=O) groups excluding carboxylic acids is 2. The van der Waals surface area contributed by atoms with Crippen molar-refractivity contribution >= 4 is 24.2 Å². The first kappa shape index (κ1) is 20.2. The number of likely N-dealkylation sites (tertiary alicyclic amines) is 2. The number of hydrogen-bond acceptors (Lipinski definition) is 3. The molecular weight excluding hydrogens is 314 g/mol. The number of halogens is 1. The van der Waals surface area contributed by atoms with E-state index in [1.54, 1.807) is 0 Å². The molecule has 1 N–H and O–H groups in total. The Balaban J connectivity index is 0.00000264. The fourth-order valence-corrected chi connectivity index (χ4v) is 3.60. The number of rotatable bonds is 5. The minimum Gasteiger partial charge on any atom is -0.343 e. The predicted octanol–water partition coefficient (Wildman–Crippen LogP) is 1.90. The van der Waals surface area contributed by atoms with Crippen molar-refractivity contribution < 1.29 is 9.59 Å². The summed E-state index contributed by atoms with van der Waals surface area (Å²) in [5, 5.41) is 3.07. The molecule has 0 aromatic rings. The van der Waals surface area contributed by atoms with Crippen molar-refractivity contribution in [3.8, 4) is 0 Å². The van der Waals surface area contributed by atoms with E-state index in [9.17, 15) is 9.59 Å². The van der Waals surface area contributed by atoms with Crippen LogP contribution in [0.25, 0.3) is 0 Å². The van der Waals surface area contributed by atoms with Crippen LogP contribution in [-0.2, 0) is 9.59 Å². The van der Waals surface area contributed by atoms with Gasteiger partial charge >= 0.3 is 0 Å². The molecule has 2 saturated heterocycles. The summed E-state index contributed by atoms with van der Waals surface area (Å²) < 4.78 is 0. The van der Waals surface area contributed by atoms with Gasteiger partial charge in [0.05, 0.1) is 0 Å². The van der Waals surface area contributed by atoms with Gasteiger partial charge in [-0.05, 0) is 51.6 Å². The van der Waals surface area contributed by atoms with Gasteiger partial charge in [0.15, 0.2) is 0 Å². The molecule has 2 heterocycles. The van der Waals surface area contributed by atoms with Crippen LogP contribution in [0.2, 0.25) is 0 Å². The van der Waals surface area contributed by atoms with Gasteiger partial charge in [0.25, 0.3) is 0 Å². The topological polar surface area (TPSA) is 52.7 Å². The lowest BCUT2D eigenvalue weighted by Crippen LogP contribution is -2.47. The Bertz CT molecular complexity index is 384. The molecule has 1 unspecified atom stereocenters. The standard InChI is InChI=1S/C17H31N3O2.ClH/c1-14-5-4-10-20(13-14)17(22)15-7-11-19(12-8-15)16(21)6-3-9-18-2;/h14-15,18H,3-13H2,1-2H3;1H. The van der Waals surface area contributed by atoms with Crippen molar-refractivity contribution in [2.45, 2.75) is 45.4 Å². The zero-order chi connectivity index (χ0) is 15.9. The third kappa shape index (κ3) is 5.96. The first-order valence-electron chi connectivity index (χ1n) is 8.83. The fraction of sp³-hybridized carbons (Fsp3) is 0.882. The molecule has 0 aromatic heterocycles. The lowest BCUT2D eigenvalue weighted by atomic mass is 9.92. The van der Waals surface area contributed by atoms with Crippen LogP contribution in [0.4, 0.5) is 0 Å². The molecule has 2 amide bonds. The highest BCUT2D eigenvalue weighted by Gasteiger charge is 2.31. The van der Waals surface area contributed by atoms with E-state index < -0.39 is 0 Å². The minimum absolute atomic E-state index is 0. The first-order chi connectivity index (χ1) is 10.6. The van der Waals surface area contributed by atoms with Crippen LogP contribution in [0.15, 0.2) is 0 Å². The maximum absolute atomic E-state index is 12.6. The molecule has 0 aromatic carbocycles. The van der Waals surface area contributed by atoms with Crippen LogP contribution in [0.3, 0.4) is 0 Å². The van der Waals surface area contributed by atoms with Crippen molar-refractivity contribution in [3.63, 3.8) is 0 Å². The van der Waals surface area contributed by atoms with Gasteiger partial charge in [-0.3, -0.25) is 9.59 Å². The van der Waals surface area contributed by atoms with E-state index in [0.717, 1.165) is 58.4 Å². The zero-order valence-electron chi connectivity index (χ0n) is 14.6. The van der Waals surface area contributed by atoms with Gasteiger partial charge < -0.3 is 15.1 Å². The van der Waals surface area contributed by atoms with Crippen LogP contribution in [-0.4, -0.2) is 61.4 Å². The van der Waals surface area contributed by atoms with E-state index in [4.69, 9.17) is 0 Å². The molecular formula is C17H32ClN3O2. The second-order valence-corrected chi connectivity index (χ2v) is 6.89. The average Bonchev–Trinajstić information content (AvgIpc) is 2.54. The van der Waals surface area contributed by atoms with E-state index in [1.807, 2.05) is 11.9 Å². The van der Waals surface area contributed by atoms with Crippen molar-refractivity contribution in [2.75, 3.05) is 39.8 Å². The monoisotopic (exact) mass is 345 g/mol. The van der Waals surface area contributed by atoms with Crippen LogP contribution < -0.4 is 5.32 Å². The number of nitrogens with one attached hydrogen (secondary N) is 1. The fourth-order valence-electron chi connectivity index (χ4n) is 3.60. The summed E-state index contributed by atoms with van der Waals surface area (Å²) in [4.78, 5) is 28.7. The Morgan fingerprint density at radius 3 is 2.39 bits per heavy atom. The summed E-state index contributed by atoms with van der Waals surface area (Å²) >= 11 is 0. The number of nitrogens with zero attached hydrogens (tertiary/aromatic N) is 2. The molecule has 0 saturated carbocycles. The van der Waals surface area contributed by atoms with Crippen molar-refractivity contribution in [1.29, 1.82) is 0 Å². The smallest absolute Gasteiger partial charge is 0.225 e. The van der Waals surface area contributed by atoms with E-state index in [-0.39, 0.29) is 24.2 Å². The van der Waals surface area contributed by atoms with Crippen molar-refractivity contribution in [1.82, 2.24) is 15.1 Å². The Kier molecular flexibility index (Phi) is 8.92. The Hall–Kier alpha value is -0.810. The second-order valence-electron chi connectivity index (χ2n) is 6.89. The van der Waals surface area contributed by atoms with Crippen LogP contribution >= 0.6 is 12.4 Å². The third-order valence-electron chi connectivity index (χ3n) is 4.98. The summed E-state index contributed by atoms with van der Waals surface area (Å²) in [6.45, 7) is 6.45. The number of carbonyl (C=O) groups is 2. The van der Waals surface area contributed by atoms with E-state index >= 15 is 0 Å². The first-order valence-corrected chi connectivity index (χ1v) is 8.83. The normalized spacial score (nSPS) is 22.6. The highest BCUT2D eigenvalue weighted by atomic mass is 35.5. The molecule has 5 nitrogen and oxygen atoms in total. The number of amides is 2. The quantitative estimate of drug-likeness (QED) is 0.774. The molecule has 2 rings (SSSR count). The van der Waals surface area contributed by atoms with Gasteiger partial charge in [0, 0.05) is 38.5 Å². The summed E-state index contributed by atoms with van der Waals surface area (Å²) in [6.07, 6.45) is 5.55. The van der Waals surface area contributed by atoms with E-state index in [2.05, 4.69) is 17.1 Å². The van der Waals surface area contributed by atoms with Gasteiger partial charge in [-0.2, -0.15) is 0 Å². The maximum Gasteiger partial charge on any atom is 0.225 e. The lowest BCUT2D eigenvalue weighted by molar-refractivity contribution is -0.142. The SMILES string of the molecule is CNCCCC(=O)N1CCC(C(=O)N2CCCC(C)C2)CC1.Cl. The molecule has 2 aliphatic heterocycles. The molecule has 0 radical (unpaired) electrons. The van der Waals surface area contributed by atoms with Crippen molar-refractivity contribution in [2.24, 2.45) is 11.8 Å². The highest BCUT2D eigenvalue weighted by Crippen LogP contribution is 2.23. The Labute approximate surface area is 146 Å². The van der Waals surface area contributed by atoms with Gasteiger partial charge in [-0.15, -0.1) is 12.4 Å². The average molecular weight is 346 g/mol. The molecule has 0 bridgehead atoms. The predicted molar refractivity (Wildman–Crippen MR) is 94.7 cm³/mol. The minimum atomic E-state index is 0. The van der Waals surface area contributed by atoms with Crippen LogP contribution in [0, 0.1) is 11.8 Å². The molecule has 0 spiro atoms. The van der Waals surface area contributed by atoms with Gasteiger partial charge in [0.1, 0.15) is 0 Å². The summed E-state index contributed by atoms with van der Waals surface area (Å²) in [6, 6.07) is 0. The molecule has 6 heteroatoms. The molecule has 2 aliphatic rings. The largest absolute Gasteiger partial charge is 0.343 e. The van der Waals surface area contributed by atoms with E-state index in [1.165, 1.54) is 6.42 Å². The third-order valence-corrected chi connectivity index (χ3v) is 4.98. The second kappa shape index (κ2) is 10.1. The molecule has 1 atom stereocenters. The summed E-state index contributed by atoms with van der Waals surface area (Å²) in [7, 11) is 1.91. The Morgan fingerprint density at radius 2 is 1.78 bits per heavy atom. The van der Waals surface area contributed by atoms with E-state index in [0.29, 0.717) is 18.2 Å². The van der Waals surface area contributed by atoms with Gasteiger partial charge in [0.2, 0.25) is 11.8 Å². The van der Waals surface area contributed by atoms with Crippen LogP contribution in [0.1, 0.15) is 45.4 Å². The Morgan fingerprint density at radius 1 is 1.09 bits per heavy atom. The molecule has 0 aliphatic carbocycles. The maximum atomic E-state index is 12.6. The molecule has 2 fully saturated rings. The molecule has 23 heavy (non-hydrogen) atoms. The van der Waals surface area contributed by atoms with Crippen LogP contribution in [0.5, 0.6) is 0 Å². The number of piperidine rings is 2. The lowest BCUT2D eigenvalue weighted by Gasteiger charge is -2.37. The zero-order valence-corrected chi connectivity index (χ0v) is 15.4.